The molecule has 6 heteroatoms. The normalized spacial score (nSPS) is 19.7. The van der Waals surface area contributed by atoms with Gasteiger partial charge in [-0.3, -0.25) is 4.98 Å². The van der Waals surface area contributed by atoms with Crippen molar-refractivity contribution in [3.05, 3.63) is 29.0 Å². The maximum Gasteiger partial charge on any atom is 0.317 e. The second-order valence-corrected chi connectivity index (χ2v) is 4.80. The number of rotatable bonds is 2. The van der Waals surface area contributed by atoms with Crippen LogP contribution in [0.2, 0.25) is 5.02 Å². The molecule has 2 N–H and O–H groups in total. The van der Waals surface area contributed by atoms with E-state index >= 15 is 0 Å². The summed E-state index contributed by atoms with van der Waals surface area (Å²) < 4.78 is 0. The zero-order valence-electron chi connectivity index (χ0n) is 9.97. The third kappa shape index (κ3) is 3.58. The van der Waals surface area contributed by atoms with Crippen molar-refractivity contribution in [3.63, 3.8) is 0 Å². The molecule has 2 rings (SSSR count). The lowest BCUT2D eigenvalue weighted by atomic mass is 10.1. The van der Waals surface area contributed by atoms with Gasteiger partial charge in [0.1, 0.15) is 0 Å². The van der Waals surface area contributed by atoms with Gasteiger partial charge in [0.2, 0.25) is 0 Å². The molecule has 0 saturated carbocycles. The number of β-amino-alcohol motifs (C(OH)–C–C–N with tert-alkyl or cyclic N) is 1. The summed E-state index contributed by atoms with van der Waals surface area (Å²) in [4.78, 5) is 17.6. The first-order valence-corrected chi connectivity index (χ1v) is 6.34. The fourth-order valence-electron chi connectivity index (χ4n) is 1.93. The number of piperidine rings is 1. The predicted molar refractivity (Wildman–Crippen MR) is 68.3 cm³/mol. The maximum atomic E-state index is 11.8. The van der Waals surface area contributed by atoms with E-state index in [0.717, 1.165) is 18.5 Å². The summed E-state index contributed by atoms with van der Waals surface area (Å²) in [6.07, 6.45) is 2.75. The van der Waals surface area contributed by atoms with E-state index in [-0.39, 0.29) is 6.03 Å². The van der Waals surface area contributed by atoms with Gasteiger partial charge < -0.3 is 15.3 Å². The molecule has 0 spiro atoms. The first-order chi connectivity index (χ1) is 8.65. The molecule has 1 aromatic heterocycles. The zero-order chi connectivity index (χ0) is 13.0. The summed E-state index contributed by atoms with van der Waals surface area (Å²) in [6.45, 7) is 1.46. The molecule has 1 aliphatic rings. The number of nitrogens with zero attached hydrogens (tertiary/aromatic N) is 2. The van der Waals surface area contributed by atoms with Crippen LogP contribution in [0, 0.1) is 0 Å². The number of aliphatic hydroxyl groups is 1. The SMILES string of the molecule is O=C(NCc1ccc(Cl)cn1)N1CCCC(O)C1. The molecule has 18 heavy (non-hydrogen) atoms. The van der Waals surface area contributed by atoms with Crippen LogP contribution in [0.1, 0.15) is 18.5 Å². The Bertz CT molecular complexity index is 410. The van der Waals surface area contributed by atoms with Crippen LogP contribution in [0.3, 0.4) is 0 Å². The second kappa shape index (κ2) is 6.02. The number of amides is 2. The molecular formula is C12H16ClN3O2. The molecule has 1 aromatic rings. The van der Waals surface area contributed by atoms with Gasteiger partial charge in [0.15, 0.2) is 0 Å². The molecule has 0 aliphatic carbocycles. The highest BCUT2D eigenvalue weighted by Crippen LogP contribution is 2.10. The van der Waals surface area contributed by atoms with Gasteiger partial charge in [-0.1, -0.05) is 11.6 Å². The van der Waals surface area contributed by atoms with E-state index in [9.17, 15) is 9.90 Å². The number of halogens is 1. The molecule has 0 bridgehead atoms. The summed E-state index contributed by atoms with van der Waals surface area (Å²) in [5.41, 5.74) is 0.755. The van der Waals surface area contributed by atoms with Crippen molar-refractivity contribution in [1.29, 1.82) is 0 Å². The molecule has 2 heterocycles. The smallest absolute Gasteiger partial charge is 0.317 e. The fourth-order valence-corrected chi connectivity index (χ4v) is 2.04. The molecule has 2 amide bonds. The van der Waals surface area contributed by atoms with Crippen molar-refractivity contribution in [2.24, 2.45) is 0 Å². The van der Waals surface area contributed by atoms with Crippen molar-refractivity contribution in [2.45, 2.75) is 25.5 Å². The standard InChI is InChI=1S/C12H16ClN3O2/c13-9-3-4-10(14-6-9)7-15-12(18)16-5-1-2-11(17)8-16/h3-4,6,11,17H,1-2,5,7-8H2,(H,15,18). The van der Waals surface area contributed by atoms with Crippen molar-refractivity contribution < 1.29 is 9.90 Å². The number of hydrogen-bond acceptors (Lipinski definition) is 3. The number of carbonyl (C=O) groups excluding carboxylic acids is 1. The largest absolute Gasteiger partial charge is 0.391 e. The van der Waals surface area contributed by atoms with E-state index in [2.05, 4.69) is 10.3 Å². The number of urea groups is 1. The number of nitrogens with one attached hydrogen (secondary N) is 1. The Morgan fingerprint density at radius 3 is 3.11 bits per heavy atom. The lowest BCUT2D eigenvalue weighted by Gasteiger charge is -2.30. The van der Waals surface area contributed by atoms with Crippen LogP contribution in [0.4, 0.5) is 4.79 Å². The van der Waals surface area contributed by atoms with E-state index in [4.69, 9.17) is 11.6 Å². The summed E-state index contributed by atoms with van der Waals surface area (Å²) in [7, 11) is 0. The first-order valence-electron chi connectivity index (χ1n) is 5.96. The van der Waals surface area contributed by atoms with Crippen LogP contribution < -0.4 is 5.32 Å². The maximum absolute atomic E-state index is 11.8. The summed E-state index contributed by atoms with van der Waals surface area (Å²) >= 11 is 5.73. The Morgan fingerprint density at radius 2 is 2.44 bits per heavy atom. The average Bonchev–Trinajstić information content (AvgIpc) is 2.38. The summed E-state index contributed by atoms with van der Waals surface area (Å²) in [6, 6.07) is 3.35. The molecule has 0 aromatic carbocycles. The molecule has 1 unspecified atom stereocenters. The Labute approximate surface area is 111 Å². The molecule has 1 saturated heterocycles. The molecule has 1 fully saturated rings. The molecule has 0 radical (unpaired) electrons. The van der Waals surface area contributed by atoms with Crippen molar-refractivity contribution in [2.75, 3.05) is 13.1 Å². The number of pyridine rings is 1. The molecule has 98 valence electrons. The Morgan fingerprint density at radius 1 is 1.61 bits per heavy atom. The van der Waals surface area contributed by atoms with Gasteiger partial charge in [-0.2, -0.15) is 0 Å². The quantitative estimate of drug-likeness (QED) is 0.853. The topological polar surface area (TPSA) is 65.5 Å². The number of aliphatic hydroxyl groups excluding tert-OH is 1. The molecule has 1 aliphatic heterocycles. The minimum atomic E-state index is -0.404. The van der Waals surface area contributed by atoms with Crippen LogP contribution in [0.25, 0.3) is 0 Å². The minimum absolute atomic E-state index is 0.162. The Hall–Kier alpha value is -1.33. The predicted octanol–water partition coefficient (Wildman–Crippen LogP) is 1.40. The Balaban J connectivity index is 1.82. The van der Waals surface area contributed by atoms with Crippen molar-refractivity contribution in [1.82, 2.24) is 15.2 Å². The van der Waals surface area contributed by atoms with Gasteiger partial charge in [-0.15, -0.1) is 0 Å². The monoisotopic (exact) mass is 269 g/mol. The van der Waals surface area contributed by atoms with Crippen LogP contribution in [0.15, 0.2) is 18.3 Å². The number of carbonyl (C=O) groups is 1. The van der Waals surface area contributed by atoms with E-state index in [1.165, 1.54) is 0 Å². The average molecular weight is 270 g/mol. The summed E-state index contributed by atoms with van der Waals surface area (Å²) in [5, 5.41) is 12.8. The number of aromatic nitrogens is 1. The lowest BCUT2D eigenvalue weighted by molar-refractivity contribution is 0.0841. The third-order valence-corrected chi connectivity index (χ3v) is 3.12. The zero-order valence-corrected chi connectivity index (χ0v) is 10.7. The van der Waals surface area contributed by atoms with Gasteiger partial charge in [0.05, 0.1) is 23.4 Å². The van der Waals surface area contributed by atoms with E-state index in [1.54, 1.807) is 23.2 Å². The first kappa shape index (κ1) is 13.1. The van der Waals surface area contributed by atoms with E-state index in [1.807, 2.05) is 0 Å². The minimum Gasteiger partial charge on any atom is -0.391 e. The number of hydrogen-bond donors (Lipinski definition) is 2. The van der Waals surface area contributed by atoms with Crippen LogP contribution in [-0.2, 0) is 6.54 Å². The van der Waals surface area contributed by atoms with Gasteiger partial charge >= 0.3 is 6.03 Å². The van der Waals surface area contributed by atoms with E-state index < -0.39 is 6.10 Å². The van der Waals surface area contributed by atoms with Crippen LogP contribution in [-0.4, -0.2) is 40.2 Å². The molecule has 5 nitrogen and oxygen atoms in total. The highest BCUT2D eigenvalue weighted by molar-refractivity contribution is 6.30. The van der Waals surface area contributed by atoms with Gasteiger partial charge in [-0.05, 0) is 25.0 Å². The Kier molecular flexibility index (Phi) is 4.38. The van der Waals surface area contributed by atoms with Crippen molar-refractivity contribution in [3.8, 4) is 0 Å². The number of likely N-dealkylation sites (tertiary alicyclic amines) is 1. The summed E-state index contributed by atoms with van der Waals surface area (Å²) in [5.74, 6) is 0. The van der Waals surface area contributed by atoms with Gasteiger partial charge in [0, 0.05) is 19.3 Å². The van der Waals surface area contributed by atoms with Gasteiger partial charge in [0.25, 0.3) is 0 Å². The van der Waals surface area contributed by atoms with Gasteiger partial charge in [-0.25, -0.2) is 4.79 Å². The molecular weight excluding hydrogens is 254 g/mol. The highest BCUT2D eigenvalue weighted by atomic mass is 35.5. The fraction of sp³-hybridized carbons (Fsp3) is 0.500. The van der Waals surface area contributed by atoms with Crippen LogP contribution in [0.5, 0.6) is 0 Å². The third-order valence-electron chi connectivity index (χ3n) is 2.89. The van der Waals surface area contributed by atoms with Crippen LogP contribution >= 0.6 is 11.6 Å². The second-order valence-electron chi connectivity index (χ2n) is 4.37. The van der Waals surface area contributed by atoms with Crippen molar-refractivity contribution >= 4 is 17.6 Å². The molecule has 1 atom stereocenters. The highest BCUT2D eigenvalue weighted by Gasteiger charge is 2.21. The van der Waals surface area contributed by atoms with E-state index in [0.29, 0.717) is 24.7 Å². The lowest BCUT2D eigenvalue weighted by Crippen LogP contribution is -2.46.